The summed E-state index contributed by atoms with van der Waals surface area (Å²) in [7, 11) is 0. The topological polar surface area (TPSA) is 95.5 Å². The van der Waals surface area contributed by atoms with Gasteiger partial charge in [-0.15, -0.1) is 0 Å². The van der Waals surface area contributed by atoms with Crippen molar-refractivity contribution in [3.8, 4) is 0 Å². The number of rotatable bonds is 7. The molecule has 18 heavy (non-hydrogen) atoms. The van der Waals surface area contributed by atoms with Crippen molar-refractivity contribution in [1.82, 2.24) is 10.6 Å². The van der Waals surface area contributed by atoms with Gasteiger partial charge in [-0.2, -0.15) is 0 Å². The van der Waals surface area contributed by atoms with Crippen LogP contribution in [0, 0.1) is 11.3 Å². The SMILES string of the molecule is CC(=O)NCCNC(=O)CC(C)(C(=O)O)C(C)C. The van der Waals surface area contributed by atoms with Crippen LogP contribution in [0.5, 0.6) is 0 Å². The summed E-state index contributed by atoms with van der Waals surface area (Å²) < 4.78 is 0. The van der Waals surface area contributed by atoms with Crippen molar-refractivity contribution in [2.45, 2.75) is 34.1 Å². The highest BCUT2D eigenvalue weighted by Crippen LogP contribution is 2.31. The highest BCUT2D eigenvalue weighted by Gasteiger charge is 2.38. The summed E-state index contributed by atoms with van der Waals surface area (Å²) in [6.07, 6.45) is -0.0694. The van der Waals surface area contributed by atoms with Gasteiger partial charge in [-0.3, -0.25) is 14.4 Å². The van der Waals surface area contributed by atoms with Gasteiger partial charge in [0.05, 0.1) is 5.41 Å². The number of carboxylic acids is 1. The Balaban J connectivity index is 4.20. The predicted molar refractivity (Wildman–Crippen MR) is 66.9 cm³/mol. The van der Waals surface area contributed by atoms with Crippen molar-refractivity contribution in [2.24, 2.45) is 11.3 Å². The summed E-state index contributed by atoms with van der Waals surface area (Å²) in [5, 5.41) is 14.3. The summed E-state index contributed by atoms with van der Waals surface area (Å²) in [6, 6.07) is 0. The zero-order chi connectivity index (χ0) is 14.3. The van der Waals surface area contributed by atoms with E-state index in [1.165, 1.54) is 6.92 Å². The number of nitrogens with one attached hydrogen (secondary N) is 2. The van der Waals surface area contributed by atoms with E-state index in [1.807, 2.05) is 0 Å². The first-order valence-corrected chi connectivity index (χ1v) is 5.94. The van der Waals surface area contributed by atoms with Gasteiger partial charge in [-0.25, -0.2) is 0 Å². The Morgan fingerprint density at radius 3 is 2.06 bits per heavy atom. The van der Waals surface area contributed by atoms with Gasteiger partial charge in [0.25, 0.3) is 0 Å². The van der Waals surface area contributed by atoms with Crippen LogP contribution in [0.1, 0.15) is 34.1 Å². The van der Waals surface area contributed by atoms with Crippen molar-refractivity contribution >= 4 is 17.8 Å². The van der Waals surface area contributed by atoms with Gasteiger partial charge in [0.2, 0.25) is 11.8 Å². The molecule has 6 heteroatoms. The first kappa shape index (κ1) is 16.4. The van der Waals surface area contributed by atoms with Crippen LogP contribution in [-0.2, 0) is 14.4 Å². The lowest BCUT2D eigenvalue weighted by atomic mass is 9.76. The average Bonchev–Trinajstić information content (AvgIpc) is 2.23. The lowest BCUT2D eigenvalue weighted by Gasteiger charge is -2.28. The summed E-state index contributed by atoms with van der Waals surface area (Å²) in [5.74, 6) is -1.61. The van der Waals surface area contributed by atoms with Crippen LogP contribution < -0.4 is 10.6 Å². The fraction of sp³-hybridized carbons (Fsp3) is 0.750. The molecule has 0 bridgehead atoms. The van der Waals surface area contributed by atoms with Crippen molar-refractivity contribution in [1.29, 1.82) is 0 Å². The van der Waals surface area contributed by atoms with E-state index in [1.54, 1.807) is 20.8 Å². The Morgan fingerprint density at radius 2 is 1.67 bits per heavy atom. The van der Waals surface area contributed by atoms with E-state index in [9.17, 15) is 14.4 Å². The number of carbonyl (C=O) groups is 3. The molecule has 0 spiro atoms. The molecule has 0 aliphatic carbocycles. The van der Waals surface area contributed by atoms with Gasteiger partial charge in [0.1, 0.15) is 0 Å². The molecule has 6 nitrogen and oxygen atoms in total. The Morgan fingerprint density at radius 1 is 1.17 bits per heavy atom. The van der Waals surface area contributed by atoms with E-state index >= 15 is 0 Å². The van der Waals surface area contributed by atoms with Crippen molar-refractivity contribution in [2.75, 3.05) is 13.1 Å². The van der Waals surface area contributed by atoms with Gasteiger partial charge >= 0.3 is 5.97 Å². The first-order valence-electron chi connectivity index (χ1n) is 5.94. The Kier molecular flexibility index (Phi) is 6.36. The van der Waals surface area contributed by atoms with Gasteiger partial charge < -0.3 is 15.7 Å². The standard InChI is InChI=1S/C12H22N2O4/c1-8(2)12(4,11(17)18)7-10(16)14-6-5-13-9(3)15/h8H,5-7H2,1-4H3,(H,13,15)(H,14,16)(H,17,18). The van der Waals surface area contributed by atoms with Crippen LogP contribution in [0.25, 0.3) is 0 Å². The number of carboxylic acid groups (broad SMARTS) is 1. The van der Waals surface area contributed by atoms with Crippen molar-refractivity contribution in [3.05, 3.63) is 0 Å². The lowest BCUT2D eigenvalue weighted by Crippen LogP contribution is -2.41. The van der Waals surface area contributed by atoms with E-state index in [0.29, 0.717) is 13.1 Å². The van der Waals surface area contributed by atoms with E-state index in [0.717, 1.165) is 0 Å². The average molecular weight is 258 g/mol. The van der Waals surface area contributed by atoms with Gasteiger partial charge in [-0.1, -0.05) is 13.8 Å². The van der Waals surface area contributed by atoms with E-state index in [4.69, 9.17) is 5.11 Å². The normalized spacial score (nSPS) is 13.8. The third-order valence-electron chi connectivity index (χ3n) is 3.11. The molecule has 0 heterocycles. The molecule has 0 aromatic carbocycles. The van der Waals surface area contributed by atoms with Gasteiger partial charge in [0.15, 0.2) is 0 Å². The second kappa shape index (κ2) is 6.98. The van der Waals surface area contributed by atoms with E-state index < -0.39 is 11.4 Å². The van der Waals surface area contributed by atoms with Gasteiger partial charge in [0, 0.05) is 26.4 Å². The summed E-state index contributed by atoms with van der Waals surface area (Å²) in [6.45, 7) is 7.14. The predicted octanol–water partition coefficient (Wildman–Crippen LogP) is 0.376. The fourth-order valence-corrected chi connectivity index (χ4v) is 1.36. The van der Waals surface area contributed by atoms with Crippen molar-refractivity contribution < 1.29 is 19.5 Å². The number of aliphatic carboxylic acids is 1. The molecule has 0 aromatic rings. The van der Waals surface area contributed by atoms with E-state index in [-0.39, 0.29) is 24.2 Å². The summed E-state index contributed by atoms with van der Waals surface area (Å²) >= 11 is 0. The maximum absolute atomic E-state index is 11.6. The van der Waals surface area contributed by atoms with Crippen LogP contribution in [0.3, 0.4) is 0 Å². The smallest absolute Gasteiger partial charge is 0.310 e. The quantitative estimate of drug-likeness (QED) is 0.575. The lowest BCUT2D eigenvalue weighted by molar-refractivity contribution is -0.153. The third kappa shape index (κ3) is 5.16. The third-order valence-corrected chi connectivity index (χ3v) is 3.11. The molecule has 0 aliphatic rings. The molecular formula is C12H22N2O4. The van der Waals surface area contributed by atoms with Gasteiger partial charge in [-0.05, 0) is 12.8 Å². The molecular weight excluding hydrogens is 236 g/mol. The largest absolute Gasteiger partial charge is 0.481 e. The maximum atomic E-state index is 11.6. The van der Waals surface area contributed by atoms with E-state index in [2.05, 4.69) is 10.6 Å². The Bertz CT molecular complexity index is 328. The van der Waals surface area contributed by atoms with Crippen LogP contribution in [0.4, 0.5) is 0 Å². The monoisotopic (exact) mass is 258 g/mol. The molecule has 0 saturated carbocycles. The molecule has 0 aromatic heterocycles. The molecule has 0 radical (unpaired) electrons. The van der Waals surface area contributed by atoms with Crippen LogP contribution in [-0.4, -0.2) is 36.0 Å². The molecule has 3 N–H and O–H groups in total. The number of amides is 2. The van der Waals surface area contributed by atoms with Crippen LogP contribution >= 0.6 is 0 Å². The fourth-order valence-electron chi connectivity index (χ4n) is 1.36. The summed E-state index contributed by atoms with van der Waals surface area (Å²) in [4.78, 5) is 33.4. The minimum absolute atomic E-state index is 0.0694. The molecule has 0 aliphatic heterocycles. The minimum Gasteiger partial charge on any atom is -0.481 e. The highest BCUT2D eigenvalue weighted by atomic mass is 16.4. The molecule has 104 valence electrons. The molecule has 0 rings (SSSR count). The van der Waals surface area contributed by atoms with Crippen LogP contribution in [0.2, 0.25) is 0 Å². The second-order valence-electron chi connectivity index (χ2n) is 4.89. The molecule has 1 unspecified atom stereocenters. The summed E-state index contributed by atoms with van der Waals surface area (Å²) in [5.41, 5.74) is -1.07. The zero-order valence-electron chi connectivity index (χ0n) is 11.4. The molecule has 1 atom stereocenters. The highest BCUT2D eigenvalue weighted by molar-refractivity contribution is 5.84. The molecule has 0 saturated heterocycles. The molecule has 2 amide bonds. The number of hydrogen-bond acceptors (Lipinski definition) is 3. The molecule has 0 fully saturated rings. The maximum Gasteiger partial charge on any atom is 0.310 e. The minimum atomic E-state index is -1.07. The van der Waals surface area contributed by atoms with Crippen molar-refractivity contribution in [3.63, 3.8) is 0 Å². The Labute approximate surface area is 107 Å². The first-order chi connectivity index (χ1) is 8.20. The van der Waals surface area contributed by atoms with Crippen LogP contribution in [0.15, 0.2) is 0 Å². The number of hydrogen-bond donors (Lipinski definition) is 3. The second-order valence-corrected chi connectivity index (χ2v) is 4.89. The zero-order valence-corrected chi connectivity index (χ0v) is 11.4. The number of carbonyl (C=O) groups excluding carboxylic acids is 2. The Hall–Kier alpha value is -1.59.